The number of thiophene rings is 1. The molecule has 12 heteroatoms. The number of carbonyl (C=O) groups is 2. The van der Waals surface area contributed by atoms with E-state index >= 15 is 0 Å². The van der Waals surface area contributed by atoms with E-state index in [-0.39, 0.29) is 34.9 Å². The molecule has 1 fully saturated rings. The number of rotatable bonds is 4. The van der Waals surface area contributed by atoms with Crippen molar-refractivity contribution in [2.24, 2.45) is 0 Å². The van der Waals surface area contributed by atoms with Crippen molar-refractivity contribution >= 4 is 61.6 Å². The number of hydrogen-bond donors (Lipinski definition) is 2. The van der Waals surface area contributed by atoms with Crippen molar-refractivity contribution in [3.05, 3.63) is 40.3 Å². The monoisotopic (exact) mass is 523 g/mol. The standard InChI is InChI=1S/C24H22ClN7O3S/c1-12-8-26-20-18-15(36-21(20)22(34)29-12)6-5-14-19(18)27-10-16(30-14)35-23-13(9-28-24(25)31-23)11-32-7-3-2-4-17(32)33/h5-6,9-10,12,26H,2-4,7-8,11H2,1H3,(H,29,34)/t12-/m1/s1. The van der Waals surface area contributed by atoms with Crippen LogP contribution in [0.2, 0.25) is 5.28 Å². The molecule has 0 saturated carbocycles. The highest BCUT2D eigenvalue weighted by atomic mass is 35.5. The Balaban J connectivity index is 1.35. The maximum Gasteiger partial charge on any atom is 0.263 e. The Morgan fingerprint density at radius 1 is 1.19 bits per heavy atom. The van der Waals surface area contributed by atoms with Crippen LogP contribution < -0.4 is 15.4 Å². The summed E-state index contributed by atoms with van der Waals surface area (Å²) < 4.78 is 6.96. The summed E-state index contributed by atoms with van der Waals surface area (Å²) >= 11 is 7.48. The molecule has 0 aliphatic carbocycles. The van der Waals surface area contributed by atoms with Crippen molar-refractivity contribution in [3.8, 4) is 11.8 Å². The summed E-state index contributed by atoms with van der Waals surface area (Å²) in [6.07, 6.45) is 5.50. The van der Waals surface area contributed by atoms with E-state index in [1.165, 1.54) is 17.5 Å². The van der Waals surface area contributed by atoms with Gasteiger partial charge in [0, 0.05) is 41.8 Å². The number of benzene rings is 1. The molecule has 1 aromatic carbocycles. The highest BCUT2D eigenvalue weighted by Gasteiger charge is 2.26. The van der Waals surface area contributed by atoms with Gasteiger partial charge in [-0.15, -0.1) is 11.3 Å². The first-order chi connectivity index (χ1) is 17.5. The number of nitrogens with zero attached hydrogens (tertiary/aromatic N) is 5. The van der Waals surface area contributed by atoms with Crippen LogP contribution in [0.25, 0.3) is 21.1 Å². The maximum atomic E-state index is 12.7. The smallest absolute Gasteiger partial charge is 0.263 e. The van der Waals surface area contributed by atoms with Gasteiger partial charge in [0.05, 0.1) is 35.0 Å². The molecule has 0 bridgehead atoms. The Labute approximate surface area is 215 Å². The van der Waals surface area contributed by atoms with E-state index in [4.69, 9.17) is 16.3 Å². The molecule has 2 aliphatic heterocycles. The zero-order valence-corrected chi connectivity index (χ0v) is 20.9. The fraction of sp³-hybridized carbons (Fsp3) is 0.333. The number of amides is 2. The first-order valence-corrected chi connectivity index (χ1v) is 12.9. The van der Waals surface area contributed by atoms with Gasteiger partial charge in [0.2, 0.25) is 23.0 Å². The van der Waals surface area contributed by atoms with E-state index < -0.39 is 0 Å². The number of fused-ring (bicyclic) bond motifs is 5. The molecule has 2 aliphatic rings. The molecule has 0 unspecified atom stereocenters. The van der Waals surface area contributed by atoms with Crippen LogP contribution in [0, 0.1) is 0 Å². The van der Waals surface area contributed by atoms with E-state index in [2.05, 4.69) is 30.6 Å². The Morgan fingerprint density at radius 3 is 2.94 bits per heavy atom. The maximum absolute atomic E-state index is 12.7. The van der Waals surface area contributed by atoms with Crippen LogP contribution in [-0.4, -0.2) is 55.8 Å². The number of aromatic nitrogens is 4. The second kappa shape index (κ2) is 9.14. The van der Waals surface area contributed by atoms with E-state index in [1.54, 1.807) is 11.1 Å². The number of nitrogens with one attached hydrogen (secondary N) is 2. The molecule has 0 spiro atoms. The van der Waals surface area contributed by atoms with Gasteiger partial charge in [-0.25, -0.2) is 15.0 Å². The summed E-state index contributed by atoms with van der Waals surface area (Å²) in [6, 6.07) is 3.80. The third-order valence-electron chi connectivity index (χ3n) is 6.29. The first-order valence-electron chi connectivity index (χ1n) is 11.7. The summed E-state index contributed by atoms with van der Waals surface area (Å²) in [5.74, 6) is 0.483. The minimum Gasteiger partial charge on any atom is -0.418 e. The van der Waals surface area contributed by atoms with Crippen molar-refractivity contribution < 1.29 is 14.3 Å². The summed E-state index contributed by atoms with van der Waals surface area (Å²) in [6.45, 7) is 3.59. The summed E-state index contributed by atoms with van der Waals surface area (Å²) in [5.41, 5.74) is 2.71. The quantitative estimate of drug-likeness (QED) is 0.383. The molecule has 1 saturated heterocycles. The van der Waals surface area contributed by atoms with E-state index in [1.807, 2.05) is 19.1 Å². The second-order valence-electron chi connectivity index (χ2n) is 8.92. The molecule has 3 aromatic heterocycles. The highest BCUT2D eigenvalue weighted by molar-refractivity contribution is 7.21. The van der Waals surface area contributed by atoms with Gasteiger partial charge >= 0.3 is 0 Å². The molecule has 6 rings (SSSR count). The molecule has 2 N–H and O–H groups in total. The van der Waals surface area contributed by atoms with Gasteiger partial charge in [-0.05, 0) is 43.5 Å². The van der Waals surface area contributed by atoms with Crippen molar-refractivity contribution in [3.63, 3.8) is 0 Å². The first kappa shape index (κ1) is 22.9. The highest BCUT2D eigenvalue weighted by Crippen LogP contribution is 2.40. The fourth-order valence-corrected chi connectivity index (χ4v) is 5.74. The van der Waals surface area contributed by atoms with Gasteiger partial charge in [-0.3, -0.25) is 9.59 Å². The molecule has 36 heavy (non-hydrogen) atoms. The van der Waals surface area contributed by atoms with Gasteiger partial charge in [0.1, 0.15) is 4.88 Å². The van der Waals surface area contributed by atoms with Crippen LogP contribution >= 0.6 is 22.9 Å². The van der Waals surface area contributed by atoms with Crippen LogP contribution in [-0.2, 0) is 11.3 Å². The molecule has 2 amide bonds. The number of likely N-dealkylation sites (tertiary alicyclic amines) is 1. The lowest BCUT2D eigenvalue weighted by atomic mass is 10.1. The Bertz CT molecular complexity index is 1520. The third-order valence-corrected chi connectivity index (χ3v) is 7.63. The van der Waals surface area contributed by atoms with Crippen LogP contribution in [0.3, 0.4) is 0 Å². The van der Waals surface area contributed by atoms with Gasteiger partial charge in [0.25, 0.3) is 5.91 Å². The lowest BCUT2D eigenvalue weighted by Gasteiger charge is -2.27. The summed E-state index contributed by atoms with van der Waals surface area (Å²) in [4.78, 5) is 45.0. The number of hydrogen-bond acceptors (Lipinski definition) is 9. The van der Waals surface area contributed by atoms with E-state index in [9.17, 15) is 9.59 Å². The topological polar surface area (TPSA) is 122 Å². The molecular formula is C24H22ClN7O3S. The van der Waals surface area contributed by atoms with Gasteiger partial charge in [-0.2, -0.15) is 4.98 Å². The summed E-state index contributed by atoms with van der Waals surface area (Å²) in [7, 11) is 0. The predicted octanol–water partition coefficient (Wildman–Crippen LogP) is 4.14. The minimum atomic E-state index is -0.0925. The normalized spacial score (nSPS) is 18.1. The zero-order chi connectivity index (χ0) is 24.8. The van der Waals surface area contributed by atoms with Gasteiger partial charge in [-0.1, -0.05) is 0 Å². The number of ether oxygens (including phenoxy) is 1. The number of piperidine rings is 1. The number of halogens is 1. The van der Waals surface area contributed by atoms with Crippen LogP contribution in [0.15, 0.2) is 24.5 Å². The largest absolute Gasteiger partial charge is 0.418 e. The van der Waals surface area contributed by atoms with Crippen molar-refractivity contribution in [2.75, 3.05) is 18.4 Å². The molecule has 0 radical (unpaired) electrons. The zero-order valence-electron chi connectivity index (χ0n) is 19.4. The molecule has 4 aromatic rings. The average molecular weight is 524 g/mol. The van der Waals surface area contributed by atoms with Crippen molar-refractivity contribution in [2.45, 2.75) is 38.8 Å². The Morgan fingerprint density at radius 2 is 2.08 bits per heavy atom. The number of anilines is 1. The molecule has 5 heterocycles. The lowest BCUT2D eigenvalue weighted by Crippen LogP contribution is -2.34. The fourth-order valence-electron chi connectivity index (χ4n) is 4.53. The second-order valence-corrected chi connectivity index (χ2v) is 10.3. The van der Waals surface area contributed by atoms with E-state index in [0.29, 0.717) is 47.5 Å². The van der Waals surface area contributed by atoms with E-state index in [0.717, 1.165) is 28.6 Å². The van der Waals surface area contributed by atoms with Gasteiger partial charge < -0.3 is 20.3 Å². The van der Waals surface area contributed by atoms with Crippen molar-refractivity contribution in [1.82, 2.24) is 30.2 Å². The Hall–Kier alpha value is -3.57. The van der Waals surface area contributed by atoms with Crippen LogP contribution in [0.4, 0.5) is 5.69 Å². The predicted molar refractivity (Wildman–Crippen MR) is 137 cm³/mol. The Kier molecular flexibility index (Phi) is 5.81. The minimum absolute atomic E-state index is 0.0160. The molecular weight excluding hydrogens is 502 g/mol. The van der Waals surface area contributed by atoms with Crippen molar-refractivity contribution in [1.29, 1.82) is 0 Å². The lowest BCUT2D eigenvalue weighted by molar-refractivity contribution is -0.133. The molecule has 184 valence electrons. The van der Waals surface area contributed by atoms with Crippen LogP contribution in [0.1, 0.15) is 41.4 Å². The summed E-state index contributed by atoms with van der Waals surface area (Å²) in [5, 5.41) is 7.29. The van der Waals surface area contributed by atoms with Gasteiger partial charge in [0.15, 0.2) is 0 Å². The molecule has 1 atom stereocenters. The average Bonchev–Trinajstić information content (AvgIpc) is 3.18. The number of carbonyl (C=O) groups excluding carboxylic acids is 2. The molecule has 10 nitrogen and oxygen atoms in total. The third kappa shape index (κ3) is 4.18. The van der Waals surface area contributed by atoms with Crippen LogP contribution in [0.5, 0.6) is 11.8 Å². The SMILES string of the molecule is C[C@@H]1CNc2c(sc3ccc4nc(Oc5nc(Cl)ncc5CN5CCCCC5=O)cnc4c23)C(=O)N1.